The van der Waals surface area contributed by atoms with E-state index < -0.39 is 0 Å². The zero-order valence-corrected chi connectivity index (χ0v) is 11.2. The van der Waals surface area contributed by atoms with Crippen molar-refractivity contribution in [2.24, 2.45) is 5.73 Å². The zero-order chi connectivity index (χ0) is 13.8. The second-order valence-corrected chi connectivity index (χ2v) is 4.76. The van der Waals surface area contributed by atoms with Crippen molar-refractivity contribution in [3.05, 3.63) is 65.0 Å². The van der Waals surface area contributed by atoms with Crippen LogP contribution in [0.15, 0.2) is 42.5 Å². The van der Waals surface area contributed by atoms with Crippen LogP contribution in [0.5, 0.6) is 5.75 Å². The van der Waals surface area contributed by atoms with Gasteiger partial charge in [0.1, 0.15) is 6.61 Å². The molecular formula is C16H18FNO. The van der Waals surface area contributed by atoms with Gasteiger partial charge in [-0.1, -0.05) is 35.9 Å². The summed E-state index contributed by atoms with van der Waals surface area (Å²) in [5.74, 6) is -0.107. The molecule has 1 atom stereocenters. The average molecular weight is 259 g/mol. The lowest BCUT2D eigenvalue weighted by atomic mass is 10.1. The first-order valence-corrected chi connectivity index (χ1v) is 6.27. The van der Waals surface area contributed by atoms with Crippen LogP contribution >= 0.6 is 0 Å². The van der Waals surface area contributed by atoms with Crippen LogP contribution in [0.2, 0.25) is 0 Å². The third-order valence-electron chi connectivity index (χ3n) is 3.01. The molecule has 0 aliphatic carbocycles. The Bertz CT molecular complexity index is 551. The molecule has 0 spiro atoms. The van der Waals surface area contributed by atoms with Gasteiger partial charge in [0.15, 0.2) is 11.6 Å². The lowest BCUT2D eigenvalue weighted by Gasteiger charge is -2.14. The fourth-order valence-electron chi connectivity index (χ4n) is 1.81. The Balaban J connectivity index is 2.02. The summed E-state index contributed by atoms with van der Waals surface area (Å²) < 4.78 is 19.0. The Morgan fingerprint density at radius 3 is 2.37 bits per heavy atom. The van der Waals surface area contributed by atoms with Gasteiger partial charge in [-0.2, -0.15) is 0 Å². The van der Waals surface area contributed by atoms with Gasteiger partial charge >= 0.3 is 0 Å². The first kappa shape index (κ1) is 13.6. The summed E-state index contributed by atoms with van der Waals surface area (Å²) in [5.41, 5.74) is 9.16. The van der Waals surface area contributed by atoms with Crippen molar-refractivity contribution >= 4 is 0 Å². The Kier molecular flexibility index (Phi) is 4.17. The molecule has 0 saturated carbocycles. The Hall–Kier alpha value is -1.87. The Labute approximate surface area is 113 Å². The third-order valence-corrected chi connectivity index (χ3v) is 3.01. The van der Waals surface area contributed by atoms with E-state index in [4.69, 9.17) is 10.5 Å². The summed E-state index contributed by atoms with van der Waals surface area (Å²) in [6, 6.07) is 12.5. The molecule has 0 aliphatic heterocycles. The summed E-state index contributed by atoms with van der Waals surface area (Å²) in [6.45, 7) is 4.17. The molecule has 0 aliphatic rings. The minimum absolute atomic E-state index is 0.252. The lowest BCUT2D eigenvalue weighted by Crippen LogP contribution is -2.19. The minimum Gasteiger partial charge on any atom is -0.489 e. The van der Waals surface area contributed by atoms with E-state index in [1.54, 1.807) is 12.1 Å². The van der Waals surface area contributed by atoms with Crippen LogP contribution in [0, 0.1) is 19.7 Å². The number of ether oxygens (including phenoxy) is 1. The summed E-state index contributed by atoms with van der Waals surface area (Å²) in [7, 11) is 0. The summed E-state index contributed by atoms with van der Waals surface area (Å²) >= 11 is 0. The van der Waals surface area contributed by atoms with Gasteiger partial charge in [-0.05, 0) is 37.1 Å². The Morgan fingerprint density at radius 2 is 1.68 bits per heavy atom. The second kappa shape index (κ2) is 5.85. The molecule has 0 amide bonds. The molecule has 0 radical (unpaired) electrons. The number of hydrogen-bond acceptors (Lipinski definition) is 2. The topological polar surface area (TPSA) is 35.2 Å². The summed E-state index contributed by atoms with van der Waals surface area (Å²) in [6.07, 6.45) is 0. The van der Waals surface area contributed by atoms with Gasteiger partial charge in [0.05, 0.1) is 6.04 Å². The van der Waals surface area contributed by atoms with Crippen LogP contribution in [0.25, 0.3) is 0 Å². The van der Waals surface area contributed by atoms with Gasteiger partial charge in [0.25, 0.3) is 0 Å². The monoisotopic (exact) mass is 259 g/mol. The zero-order valence-electron chi connectivity index (χ0n) is 11.2. The van der Waals surface area contributed by atoms with Gasteiger partial charge in [0.2, 0.25) is 0 Å². The first-order chi connectivity index (χ1) is 9.06. The van der Waals surface area contributed by atoms with E-state index in [-0.39, 0.29) is 24.2 Å². The highest BCUT2D eigenvalue weighted by Crippen LogP contribution is 2.20. The fraction of sp³-hybridized carbons (Fsp3) is 0.250. The molecule has 2 aromatic carbocycles. The molecule has 2 nitrogen and oxygen atoms in total. The molecule has 3 heteroatoms. The molecule has 19 heavy (non-hydrogen) atoms. The van der Waals surface area contributed by atoms with Crippen molar-refractivity contribution in [1.82, 2.24) is 0 Å². The van der Waals surface area contributed by atoms with Gasteiger partial charge in [0, 0.05) is 0 Å². The third kappa shape index (κ3) is 3.55. The maximum Gasteiger partial charge on any atom is 0.165 e. The number of benzene rings is 2. The van der Waals surface area contributed by atoms with Crippen LogP contribution in [-0.4, -0.2) is 6.61 Å². The maximum absolute atomic E-state index is 13.5. The van der Waals surface area contributed by atoms with Gasteiger partial charge in [-0.15, -0.1) is 0 Å². The van der Waals surface area contributed by atoms with E-state index in [0.717, 1.165) is 11.1 Å². The highest BCUT2D eigenvalue weighted by molar-refractivity contribution is 5.30. The van der Waals surface area contributed by atoms with Crippen LogP contribution in [0.1, 0.15) is 22.7 Å². The summed E-state index contributed by atoms with van der Waals surface area (Å²) in [5, 5.41) is 0. The van der Waals surface area contributed by atoms with E-state index in [2.05, 4.69) is 0 Å². The van der Waals surface area contributed by atoms with Crippen LogP contribution < -0.4 is 10.5 Å². The molecule has 0 saturated heterocycles. The normalized spacial score (nSPS) is 12.2. The molecule has 0 bridgehead atoms. The Morgan fingerprint density at radius 1 is 1.05 bits per heavy atom. The van der Waals surface area contributed by atoms with Gasteiger partial charge < -0.3 is 10.5 Å². The standard InChI is InChI=1S/C16H18FNO/c1-11-3-6-13(7-4-11)15(18)10-19-16-9-12(2)5-8-14(16)17/h3-9,15H,10,18H2,1-2H3. The number of halogens is 1. The molecule has 0 heterocycles. The first-order valence-electron chi connectivity index (χ1n) is 6.27. The van der Waals surface area contributed by atoms with E-state index >= 15 is 0 Å². The predicted octanol–water partition coefficient (Wildman–Crippen LogP) is 3.52. The number of nitrogens with two attached hydrogens (primary N) is 1. The number of hydrogen-bond donors (Lipinski definition) is 1. The van der Waals surface area contributed by atoms with E-state index in [1.165, 1.54) is 11.6 Å². The molecule has 1 unspecified atom stereocenters. The van der Waals surface area contributed by atoms with Crippen molar-refractivity contribution in [2.75, 3.05) is 6.61 Å². The van der Waals surface area contributed by atoms with Crippen LogP contribution in [0.3, 0.4) is 0 Å². The minimum atomic E-state index is -0.360. The lowest BCUT2D eigenvalue weighted by molar-refractivity contribution is 0.277. The van der Waals surface area contributed by atoms with Crippen molar-refractivity contribution < 1.29 is 9.13 Å². The summed E-state index contributed by atoms with van der Waals surface area (Å²) in [4.78, 5) is 0. The molecule has 0 aromatic heterocycles. The van der Waals surface area contributed by atoms with Crippen LogP contribution in [0.4, 0.5) is 4.39 Å². The van der Waals surface area contributed by atoms with Gasteiger partial charge in [-0.25, -0.2) is 4.39 Å². The molecule has 100 valence electrons. The fourth-order valence-corrected chi connectivity index (χ4v) is 1.81. The van der Waals surface area contributed by atoms with E-state index in [0.29, 0.717) is 0 Å². The molecule has 2 aromatic rings. The quantitative estimate of drug-likeness (QED) is 0.911. The molecule has 2 N–H and O–H groups in total. The highest BCUT2D eigenvalue weighted by atomic mass is 19.1. The predicted molar refractivity (Wildman–Crippen MR) is 74.7 cm³/mol. The molecule has 0 fully saturated rings. The second-order valence-electron chi connectivity index (χ2n) is 4.76. The average Bonchev–Trinajstić information content (AvgIpc) is 2.40. The largest absolute Gasteiger partial charge is 0.489 e. The maximum atomic E-state index is 13.5. The highest BCUT2D eigenvalue weighted by Gasteiger charge is 2.09. The van der Waals surface area contributed by atoms with Crippen molar-refractivity contribution in [3.8, 4) is 5.75 Å². The number of aryl methyl sites for hydroxylation is 2. The van der Waals surface area contributed by atoms with E-state index in [9.17, 15) is 4.39 Å². The van der Waals surface area contributed by atoms with E-state index in [1.807, 2.05) is 38.1 Å². The van der Waals surface area contributed by atoms with Crippen molar-refractivity contribution in [3.63, 3.8) is 0 Å². The van der Waals surface area contributed by atoms with Gasteiger partial charge in [-0.3, -0.25) is 0 Å². The molecular weight excluding hydrogens is 241 g/mol. The SMILES string of the molecule is Cc1ccc(C(N)COc2cc(C)ccc2F)cc1. The van der Waals surface area contributed by atoms with Crippen LogP contribution in [-0.2, 0) is 0 Å². The number of rotatable bonds is 4. The smallest absolute Gasteiger partial charge is 0.165 e. The van der Waals surface area contributed by atoms with Crippen molar-refractivity contribution in [2.45, 2.75) is 19.9 Å². The van der Waals surface area contributed by atoms with Crippen molar-refractivity contribution in [1.29, 1.82) is 0 Å². The molecule has 2 rings (SSSR count).